The number of amides is 1. The van der Waals surface area contributed by atoms with Crippen molar-refractivity contribution in [2.45, 2.75) is 34.6 Å². The van der Waals surface area contributed by atoms with Gasteiger partial charge in [-0.3, -0.25) is 4.79 Å². The molecule has 0 atom stereocenters. The molecule has 2 aromatic rings. The first-order valence-electron chi connectivity index (χ1n) is 7.79. The molecular weight excluding hydrogens is 284 g/mol. The SMILES string of the molecule is Cc1cc(C)nc(NC(=O)c2ccc(/C=C/C(C)(C)C)cc2)c1. The molecule has 0 unspecified atom stereocenters. The van der Waals surface area contributed by atoms with E-state index in [1.54, 1.807) is 0 Å². The van der Waals surface area contributed by atoms with E-state index in [4.69, 9.17) is 0 Å². The summed E-state index contributed by atoms with van der Waals surface area (Å²) in [6.07, 6.45) is 4.23. The Kier molecular flexibility index (Phi) is 4.99. The Morgan fingerprint density at radius 1 is 1.09 bits per heavy atom. The fourth-order valence-corrected chi connectivity index (χ4v) is 2.19. The summed E-state index contributed by atoms with van der Waals surface area (Å²) in [5, 5.41) is 2.85. The molecule has 3 heteroatoms. The highest BCUT2D eigenvalue weighted by atomic mass is 16.1. The summed E-state index contributed by atoms with van der Waals surface area (Å²) in [4.78, 5) is 16.6. The van der Waals surface area contributed by atoms with Gasteiger partial charge in [-0.2, -0.15) is 0 Å². The van der Waals surface area contributed by atoms with Gasteiger partial charge >= 0.3 is 0 Å². The molecule has 0 aliphatic rings. The van der Waals surface area contributed by atoms with Crippen LogP contribution in [0.15, 0.2) is 42.5 Å². The molecule has 1 amide bonds. The quantitative estimate of drug-likeness (QED) is 0.866. The van der Waals surface area contributed by atoms with Gasteiger partial charge in [0.05, 0.1) is 0 Å². The standard InChI is InChI=1S/C20H24N2O/c1-14-12-15(2)21-18(13-14)22-19(23)17-8-6-16(7-9-17)10-11-20(3,4)5/h6-13H,1-5H3,(H,21,22,23)/b11-10+. The summed E-state index contributed by atoms with van der Waals surface area (Å²) in [6, 6.07) is 11.4. The van der Waals surface area contributed by atoms with Crippen molar-refractivity contribution in [3.05, 3.63) is 64.9 Å². The van der Waals surface area contributed by atoms with Gasteiger partial charge in [-0.05, 0) is 54.7 Å². The summed E-state index contributed by atoms with van der Waals surface area (Å²) >= 11 is 0. The van der Waals surface area contributed by atoms with Crippen molar-refractivity contribution in [2.24, 2.45) is 5.41 Å². The lowest BCUT2D eigenvalue weighted by Gasteiger charge is -2.11. The minimum atomic E-state index is -0.145. The van der Waals surface area contributed by atoms with Crippen LogP contribution in [0.2, 0.25) is 0 Å². The number of carbonyl (C=O) groups excluding carboxylic acids is 1. The molecule has 1 aromatic heterocycles. The molecule has 0 spiro atoms. The van der Waals surface area contributed by atoms with E-state index in [2.05, 4.69) is 43.2 Å². The molecule has 0 saturated carbocycles. The number of hydrogen-bond acceptors (Lipinski definition) is 2. The van der Waals surface area contributed by atoms with Crippen LogP contribution < -0.4 is 5.32 Å². The zero-order chi connectivity index (χ0) is 17.0. The number of allylic oxidation sites excluding steroid dienone is 1. The minimum Gasteiger partial charge on any atom is -0.307 e. The van der Waals surface area contributed by atoms with Crippen LogP contribution in [-0.2, 0) is 0 Å². The van der Waals surface area contributed by atoms with Crippen LogP contribution in [0.4, 0.5) is 5.82 Å². The van der Waals surface area contributed by atoms with Gasteiger partial charge in [0.25, 0.3) is 5.91 Å². The van der Waals surface area contributed by atoms with E-state index in [-0.39, 0.29) is 11.3 Å². The first-order valence-corrected chi connectivity index (χ1v) is 7.79. The van der Waals surface area contributed by atoms with E-state index in [0.29, 0.717) is 11.4 Å². The lowest BCUT2D eigenvalue weighted by atomic mass is 9.95. The van der Waals surface area contributed by atoms with Crippen molar-refractivity contribution in [1.29, 1.82) is 0 Å². The van der Waals surface area contributed by atoms with E-state index in [1.165, 1.54) is 0 Å². The molecule has 0 aliphatic carbocycles. The molecule has 23 heavy (non-hydrogen) atoms. The highest BCUT2D eigenvalue weighted by Gasteiger charge is 2.08. The van der Waals surface area contributed by atoms with Crippen molar-refractivity contribution < 1.29 is 4.79 Å². The number of rotatable bonds is 3. The number of aryl methyl sites for hydroxylation is 2. The van der Waals surface area contributed by atoms with Gasteiger partial charge in [0, 0.05) is 11.3 Å². The number of nitrogens with one attached hydrogen (secondary N) is 1. The minimum absolute atomic E-state index is 0.144. The van der Waals surface area contributed by atoms with E-state index in [0.717, 1.165) is 16.8 Å². The summed E-state index contributed by atoms with van der Waals surface area (Å²) in [5.74, 6) is 0.443. The number of benzene rings is 1. The molecule has 0 bridgehead atoms. The number of aromatic nitrogens is 1. The molecule has 3 nitrogen and oxygen atoms in total. The van der Waals surface area contributed by atoms with Crippen LogP contribution in [0.25, 0.3) is 6.08 Å². The second kappa shape index (κ2) is 6.78. The van der Waals surface area contributed by atoms with Crippen LogP contribution in [-0.4, -0.2) is 10.9 Å². The molecule has 0 radical (unpaired) electrons. The number of pyridine rings is 1. The van der Waals surface area contributed by atoms with Crippen molar-refractivity contribution in [3.8, 4) is 0 Å². The molecule has 1 N–H and O–H groups in total. The first-order chi connectivity index (χ1) is 10.7. The smallest absolute Gasteiger partial charge is 0.256 e. The largest absolute Gasteiger partial charge is 0.307 e. The Labute approximate surface area is 138 Å². The van der Waals surface area contributed by atoms with Gasteiger partial charge in [-0.25, -0.2) is 4.98 Å². The predicted octanol–water partition coefficient (Wildman–Crippen LogP) is 5.01. The number of anilines is 1. The Hall–Kier alpha value is -2.42. The number of carbonyl (C=O) groups is 1. The Morgan fingerprint density at radius 2 is 1.74 bits per heavy atom. The summed E-state index contributed by atoms with van der Waals surface area (Å²) in [7, 11) is 0. The average Bonchev–Trinajstić information content (AvgIpc) is 2.43. The fourth-order valence-electron chi connectivity index (χ4n) is 2.19. The third-order valence-corrected chi connectivity index (χ3v) is 3.29. The van der Waals surface area contributed by atoms with Crippen molar-refractivity contribution in [1.82, 2.24) is 4.98 Å². The zero-order valence-electron chi connectivity index (χ0n) is 14.5. The van der Waals surface area contributed by atoms with Gasteiger partial charge in [0.15, 0.2) is 0 Å². The second-order valence-corrected chi connectivity index (χ2v) is 6.95. The van der Waals surface area contributed by atoms with Crippen LogP contribution >= 0.6 is 0 Å². The van der Waals surface area contributed by atoms with E-state index < -0.39 is 0 Å². The molecule has 0 saturated heterocycles. The molecule has 120 valence electrons. The van der Waals surface area contributed by atoms with Gasteiger partial charge < -0.3 is 5.32 Å². The predicted molar refractivity (Wildman–Crippen MR) is 96.6 cm³/mol. The fraction of sp³-hybridized carbons (Fsp3) is 0.300. The zero-order valence-corrected chi connectivity index (χ0v) is 14.5. The van der Waals surface area contributed by atoms with Gasteiger partial charge in [-0.1, -0.05) is 45.1 Å². The Balaban J connectivity index is 2.10. The monoisotopic (exact) mass is 308 g/mol. The highest BCUT2D eigenvalue weighted by Crippen LogP contribution is 2.18. The Bertz CT molecular complexity index is 702. The summed E-state index contributed by atoms with van der Waals surface area (Å²) in [6.45, 7) is 10.4. The van der Waals surface area contributed by atoms with Gasteiger partial charge in [0.2, 0.25) is 0 Å². The number of nitrogens with zero attached hydrogens (tertiary/aromatic N) is 1. The van der Waals surface area contributed by atoms with Gasteiger partial charge in [-0.15, -0.1) is 0 Å². The molecule has 1 aromatic carbocycles. The van der Waals surface area contributed by atoms with Crippen LogP contribution in [0.1, 0.15) is 48.0 Å². The lowest BCUT2D eigenvalue weighted by Crippen LogP contribution is -2.13. The first kappa shape index (κ1) is 16.9. The van der Waals surface area contributed by atoms with Crippen molar-refractivity contribution in [2.75, 3.05) is 5.32 Å². The second-order valence-electron chi connectivity index (χ2n) is 6.95. The third-order valence-electron chi connectivity index (χ3n) is 3.29. The molecule has 0 aliphatic heterocycles. The van der Waals surface area contributed by atoms with Gasteiger partial charge in [0.1, 0.15) is 5.82 Å². The highest BCUT2D eigenvalue weighted by molar-refractivity contribution is 6.03. The molecule has 1 heterocycles. The third kappa shape index (κ3) is 5.37. The van der Waals surface area contributed by atoms with E-state index in [9.17, 15) is 4.79 Å². The maximum absolute atomic E-state index is 12.3. The van der Waals surface area contributed by atoms with Crippen LogP contribution in [0, 0.1) is 19.3 Å². The molecule has 2 rings (SSSR count). The topological polar surface area (TPSA) is 42.0 Å². The van der Waals surface area contributed by atoms with Crippen LogP contribution in [0.3, 0.4) is 0 Å². The van der Waals surface area contributed by atoms with Crippen molar-refractivity contribution in [3.63, 3.8) is 0 Å². The Morgan fingerprint density at radius 3 is 2.30 bits per heavy atom. The van der Waals surface area contributed by atoms with Crippen LogP contribution in [0.5, 0.6) is 0 Å². The maximum Gasteiger partial charge on any atom is 0.256 e. The van der Waals surface area contributed by atoms with E-state index >= 15 is 0 Å². The number of hydrogen-bond donors (Lipinski definition) is 1. The lowest BCUT2D eigenvalue weighted by molar-refractivity contribution is 0.102. The summed E-state index contributed by atoms with van der Waals surface area (Å²) in [5.41, 5.74) is 3.82. The van der Waals surface area contributed by atoms with E-state index in [1.807, 2.05) is 50.2 Å². The van der Waals surface area contributed by atoms with Crippen molar-refractivity contribution >= 4 is 17.8 Å². The molecular formula is C20H24N2O. The average molecular weight is 308 g/mol. The molecule has 0 fully saturated rings. The maximum atomic E-state index is 12.3. The summed E-state index contributed by atoms with van der Waals surface area (Å²) < 4.78 is 0. The normalized spacial score (nSPS) is 11.7.